The molecule has 0 atom stereocenters. The molecule has 0 aliphatic carbocycles. The quantitative estimate of drug-likeness (QED) is 0.576. The maximum atomic E-state index is 12.3. The summed E-state index contributed by atoms with van der Waals surface area (Å²) < 4.78 is 24.3. The summed E-state index contributed by atoms with van der Waals surface area (Å²) in [7, 11) is 0. The van der Waals surface area contributed by atoms with Crippen LogP contribution in [0, 0.1) is 11.6 Å². The van der Waals surface area contributed by atoms with Gasteiger partial charge in [0.2, 0.25) is 0 Å². The van der Waals surface area contributed by atoms with Crippen molar-refractivity contribution in [2.75, 3.05) is 0 Å². The van der Waals surface area contributed by atoms with Gasteiger partial charge in [-0.05, 0) is 12.1 Å². The molecule has 0 nitrogen and oxygen atoms in total. The van der Waals surface area contributed by atoms with Crippen LogP contribution in [-0.4, -0.2) is 0 Å². The van der Waals surface area contributed by atoms with Gasteiger partial charge in [-0.25, -0.2) is 8.78 Å². The third-order valence-corrected chi connectivity index (χ3v) is 1.27. The number of hydrogen-bond acceptors (Lipinski definition) is 1. The van der Waals surface area contributed by atoms with E-state index in [0.29, 0.717) is 0 Å². The molecule has 0 aliphatic rings. The molecular weight excluding hydrogens is 166 g/mol. The van der Waals surface area contributed by atoms with Gasteiger partial charge < -0.3 is 0 Å². The van der Waals surface area contributed by atoms with Gasteiger partial charge in [0.25, 0.3) is 0 Å². The van der Waals surface area contributed by atoms with Crippen LogP contribution in [-0.2, 0) is 0 Å². The van der Waals surface area contributed by atoms with Crippen molar-refractivity contribution in [2.24, 2.45) is 0 Å². The molecule has 1 rings (SSSR count). The summed E-state index contributed by atoms with van der Waals surface area (Å²) in [6.45, 7) is 4.00. The van der Waals surface area contributed by atoms with Crippen LogP contribution < -0.4 is 0 Å². The molecule has 0 aromatic heterocycles. The molecule has 0 aliphatic heterocycles. The Kier molecular flexibility index (Phi) is 4.86. The Bertz CT molecular complexity index is 223. The van der Waals surface area contributed by atoms with Crippen LogP contribution in [0.25, 0.3) is 0 Å². The minimum Gasteiger partial charge on any atom is -0.207 e. The number of halogens is 2. The standard InChI is InChI=1S/C6H4F2S.C2H6/c7-4-1-2-6(9)5(8)3-4;1-2/h1-3,9H;1-2H3. The number of benzene rings is 1. The first-order valence-corrected chi connectivity index (χ1v) is 3.79. The fourth-order valence-corrected chi connectivity index (χ4v) is 0.620. The molecule has 0 heterocycles. The fraction of sp³-hybridized carbons (Fsp3) is 0.250. The number of hydrogen-bond donors (Lipinski definition) is 1. The zero-order valence-electron chi connectivity index (χ0n) is 6.44. The van der Waals surface area contributed by atoms with Gasteiger partial charge in [-0.2, -0.15) is 0 Å². The van der Waals surface area contributed by atoms with E-state index in [-0.39, 0.29) is 4.90 Å². The van der Waals surface area contributed by atoms with E-state index in [9.17, 15) is 8.78 Å². The third kappa shape index (κ3) is 3.37. The van der Waals surface area contributed by atoms with Crippen molar-refractivity contribution in [3.8, 4) is 0 Å². The lowest BCUT2D eigenvalue weighted by molar-refractivity contribution is 0.566. The van der Waals surface area contributed by atoms with Crippen molar-refractivity contribution in [1.29, 1.82) is 0 Å². The first kappa shape index (κ1) is 10.4. The SMILES string of the molecule is CC.Fc1ccc(S)c(F)c1. The van der Waals surface area contributed by atoms with Crippen molar-refractivity contribution in [3.05, 3.63) is 29.8 Å². The van der Waals surface area contributed by atoms with Crippen molar-refractivity contribution in [1.82, 2.24) is 0 Å². The highest BCUT2D eigenvalue weighted by molar-refractivity contribution is 7.80. The van der Waals surface area contributed by atoms with E-state index in [2.05, 4.69) is 12.6 Å². The molecule has 0 spiro atoms. The predicted octanol–water partition coefficient (Wildman–Crippen LogP) is 3.28. The highest BCUT2D eigenvalue weighted by atomic mass is 32.1. The summed E-state index contributed by atoms with van der Waals surface area (Å²) in [5, 5.41) is 0. The summed E-state index contributed by atoms with van der Waals surface area (Å²) >= 11 is 3.70. The molecule has 3 heteroatoms. The minimum atomic E-state index is -0.627. The lowest BCUT2D eigenvalue weighted by Crippen LogP contribution is -1.78. The molecule has 0 unspecified atom stereocenters. The normalized spacial score (nSPS) is 8.45. The van der Waals surface area contributed by atoms with E-state index >= 15 is 0 Å². The highest BCUT2D eigenvalue weighted by Crippen LogP contribution is 2.11. The van der Waals surface area contributed by atoms with Gasteiger partial charge in [-0.3, -0.25) is 0 Å². The summed E-state index contributed by atoms with van der Waals surface area (Å²) in [4.78, 5) is 0.163. The van der Waals surface area contributed by atoms with Crippen LogP contribution in [0.4, 0.5) is 8.78 Å². The van der Waals surface area contributed by atoms with Gasteiger partial charge in [0.15, 0.2) is 0 Å². The molecule has 0 amide bonds. The van der Waals surface area contributed by atoms with Crippen LogP contribution in [0.5, 0.6) is 0 Å². The average Bonchev–Trinajstić information content (AvgIpc) is 2.02. The lowest BCUT2D eigenvalue weighted by atomic mass is 10.3. The molecule has 0 saturated carbocycles. The maximum Gasteiger partial charge on any atom is 0.139 e. The van der Waals surface area contributed by atoms with Gasteiger partial charge in [0.1, 0.15) is 11.6 Å². The summed E-state index contributed by atoms with van der Waals surface area (Å²) in [6, 6.07) is 3.22. The Hall–Kier alpha value is -0.570. The van der Waals surface area contributed by atoms with Crippen molar-refractivity contribution >= 4 is 12.6 Å². The molecule has 0 saturated heterocycles. The van der Waals surface area contributed by atoms with Crippen LogP contribution >= 0.6 is 12.6 Å². The van der Waals surface area contributed by atoms with Gasteiger partial charge in [0.05, 0.1) is 0 Å². The minimum absolute atomic E-state index is 0.163. The van der Waals surface area contributed by atoms with Crippen molar-refractivity contribution < 1.29 is 8.78 Å². The van der Waals surface area contributed by atoms with E-state index in [4.69, 9.17) is 0 Å². The first-order chi connectivity index (χ1) is 5.20. The molecule has 1 aromatic rings. The molecule has 0 N–H and O–H groups in total. The van der Waals surface area contributed by atoms with Crippen molar-refractivity contribution in [2.45, 2.75) is 18.7 Å². The molecule has 11 heavy (non-hydrogen) atoms. The van der Waals surface area contributed by atoms with Gasteiger partial charge in [-0.15, -0.1) is 12.6 Å². The molecule has 62 valence electrons. The zero-order valence-corrected chi connectivity index (χ0v) is 7.33. The van der Waals surface area contributed by atoms with E-state index in [1.54, 1.807) is 0 Å². The smallest absolute Gasteiger partial charge is 0.139 e. The maximum absolute atomic E-state index is 12.3. The van der Waals surface area contributed by atoms with E-state index < -0.39 is 11.6 Å². The third-order valence-electron chi connectivity index (χ3n) is 0.910. The second kappa shape index (κ2) is 5.13. The summed E-state index contributed by atoms with van der Waals surface area (Å²) in [6.07, 6.45) is 0. The topological polar surface area (TPSA) is 0 Å². The Morgan fingerprint density at radius 3 is 2.09 bits per heavy atom. The molecule has 1 aromatic carbocycles. The van der Waals surface area contributed by atoms with Crippen LogP contribution in [0.1, 0.15) is 13.8 Å². The predicted molar refractivity (Wildman–Crippen MR) is 45.0 cm³/mol. The highest BCUT2D eigenvalue weighted by Gasteiger charge is 1.96. The van der Waals surface area contributed by atoms with Crippen molar-refractivity contribution in [3.63, 3.8) is 0 Å². The molecule has 0 radical (unpaired) electrons. The monoisotopic (exact) mass is 176 g/mol. The van der Waals surface area contributed by atoms with Crippen LogP contribution in [0.2, 0.25) is 0 Å². The second-order valence-electron chi connectivity index (χ2n) is 1.60. The molecule has 0 fully saturated rings. The summed E-state index contributed by atoms with van der Waals surface area (Å²) in [5.74, 6) is -1.20. The summed E-state index contributed by atoms with van der Waals surface area (Å²) in [5.41, 5.74) is 0. The largest absolute Gasteiger partial charge is 0.207 e. The van der Waals surface area contributed by atoms with Gasteiger partial charge in [0, 0.05) is 11.0 Å². The Morgan fingerprint density at radius 2 is 1.73 bits per heavy atom. The Balaban J connectivity index is 0.000000461. The van der Waals surface area contributed by atoms with E-state index in [1.807, 2.05) is 13.8 Å². The first-order valence-electron chi connectivity index (χ1n) is 3.34. The van der Waals surface area contributed by atoms with Crippen LogP contribution in [0.3, 0.4) is 0 Å². The fourth-order valence-electron chi connectivity index (χ4n) is 0.481. The average molecular weight is 176 g/mol. The van der Waals surface area contributed by atoms with E-state index in [1.165, 1.54) is 6.07 Å². The van der Waals surface area contributed by atoms with Gasteiger partial charge >= 0.3 is 0 Å². The Morgan fingerprint density at radius 1 is 1.18 bits per heavy atom. The van der Waals surface area contributed by atoms with Crippen LogP contribution in [0.15, 0.2) is 23.1 Å². The number of thiol groups is 1. The zero-order chi connectivity index (χ0) is 8.85. The van der Waals surface area contributed by atoms with E-state index in [0.717, 1.165) is 12.1 Å². The lowest BCUT2D eigenvalue weighted by Gasteiger charge is -1.91. The van der Waals surface area contributed by atoms with Gasteiger partial charge in [-0.1, -0.05) is 13.8 Å². The molecular formula is C8H10F2S. The molecule has 0 bridgehead atoms. The second-order valence-corrected chi connectivity index (χ2v) is 2.08. The number of rotatable bonds is 0. The Labute approximate surface area is 70.7 Å².